The van der Waals surface area contributed by atoms with Gasteiger partial charge < -0.3 is 10.1 Å². The Hall–Kier alpha value is -1.76. The molecule has 0 atom stereocenters. The van der Waals surface area contributed by atoms with Crippen LogP contribution in [0.25, 0.3) is 10.7 Å². The molecule has 0 amide bonds. The molecule has 0 unspecified atom stereocenters. The zero-order chi connectivity index (χ0) is 10.7. The molecule has 2 aromatic rings. The molecule has 0 aliphatic heterocycles. The summed E-state index contributed by atoms with van der Waals surface area (Å²) in [6.07, 6.45) is 3.17. The molecular weight excluding hydrogens is 214 g/mol. The van der Waals surface area contributed by atoms with Gasteiger partial charge in [0.1, 0.15) is 0 Å². The lowest BCUT2D eigenvalue weighted by molar-refractivity contribution is 0.397. The van der Waals surface area contributed by atoms with Crippen LogP contribution in [0, 0.1) is 0 Å². The van der Waals surface area contributed by atoms with E-state index in [1.165, 1.54) is 11.3 Å². The Morgan fingerprint density at radius 1 is 1.27 bits per heavy atom. The van der Waals surface area contributed by atoms with Gasteiger partial charge in [-0.3, -0.25) is 0 Å². The van der Waals surface area contributed by atoms with Crippen molar-refractivity contribution in [2.75, 3.05) is 19.5 Å². The van der Waals surface area contributed by atoms with E-state index in [1.54, 1.807) is 26.6 Å². The van der Waals surface area contributed by atoms with Gasteiger partial charge in [-0.1, -0.05) is 11.3 Å². The van der Waals surface area contributed by atoms with E-state index in [0.29, 0.717) is 16.6 Å². The molecule has 0 aliphatic rings. The minimum Gasteiger partial charge on any atom is -0.479 e. The Morgan fingerprint density at radius 2 is 2.07 bits per heavy atom. The third-order valence-electron chi connectivity index (χ3n) is 1.70. The van der Waals surface area contributed by atoms with Crippen LogP contribution in [0.3, 0.4) is 0 Å². The van der Waals surface area contributed by atoms with Crippen LogP contribution in [0.4, 0.5) is 5.13 Å². The monoisotopic (exact) mass is 223 g/mol. The molecule has 0 aromatic carbocycles. The summed E-state index contributed by atoms with van der Waals surface area (Å²) in [6.45, 7) is 0. The molecule has 0 spiro atoms. The summed E-state index contributed by atoms with van der Waals surface area (Å²) >= 11 is 1.40. The highest BCUT2D eigenvalue weighted by molar-refractivity contribution is 7.18. The summed E-state index contributed by atoms with van der Waals surface area (Å²) in [6, 6.07) is 0. The number of nitrogens with one attached hydrogen (secondary N) is 1. The van der Waals surface area contributed by atoms with Crippen LogP contribution >= 0.6 is 11.3 Å². The van der Waals surface area contributed by atoms with Crippen molar-refractivity contribution in [1.29, 1.82) is 0 Å². The molecule has 7 heteroatoms. The number of aromatic nitrogens is 4. The third-order valence-corrected chi connectivity index (χ3v) is 2.65. The van der Waals surface area contributed by atoms with Crippen LogP contribution in [0.15, 0.2) is 12.4 Å². The average Bonchev–Trinajstić information content (AvgIpc) is 2.77. The first-order valence-corrected chi connectivity index (χ1v) is 5.03. The summed E-state index contributed by atoms with van der Waals surface area (Å²) in [5, 5.41) is 12.2. The molecule has 1 N–H and O–H groups in total. The van der Waals surface area contributed by atoms with Crippen molar-refractivity contribution in [1.82, 2.24) is 20.2 Å². The maximum atomic E-state index is 5.09. The number of methoxy groups -OCH3 is 1. The summed E-state index contributed by atoms with van der Waals surface area (Å²) in [5.74, 6) is 0.455. The number of hydrogen-bond acceptors (Lipinski definition) is 7. The molecular formula is C8H9N5OS. The Kier molecular flexibility index (Phi) is 2.72. The molecule has 15 heavy (non-hydrogen) atoms. The van der Waals surface area contributed by atoms with E-state index in [9.17, 15) is 0 Å². The summed E-state index contributed by atoms with van der Waals surface area (Å²) in [5.41, 5.74) is 0.610. The standard InChI is InChI=1S/C8H9N5OS/c1-9-8-13-12-7(15-8)5-6(14-2)11-4-3-10-5/h3-4H,1-2H3,(H,9,13). The van der Waals surface area contributed by atoms with Gasteiger partial charge in [0.05, 0.1) is 7.11 Å². The van der Waals surface area contributed by atoms with Gasteiger partial charge >= 0.3 is 0 Å². The van der Waals surface area contributed by atoms with Gasteiger partial charge in [0, 0.05) is 19.4 Å². The van der Waals surface area contributed by atoms with Gasteiger partial charge in [-0.25, -0.2) is 9.97 Å². The predicted molar refractivity (Wildman–Crippen MR) is 57.0 cm³/mol. The van der Waals surface area contributed by atoms with Crippen LogP contribution in [-0.2, 0) is 0 Å². The van der Waals surface area contributed by atoms with Gasteiger partial charge in [0.2, 0.25) is 11.0 Å². The molecule has 0 saturated heterocycles. The van der Waals surface area contributed by atoms with Crippen molar-refractivity contribution in [2.45, 2.75) is 0 Å². The van der Waals surface area contributed by atoms with Gasteiger partial charge in [-0.15, -0.1) is 10.2 Å². The van der Waals surface area contributed by atoms with E-state index in [0.717, 1.165) is 5.13 Å². The first kappa shape index (κ1) is 9.78. The van der Waals surface area contributed by atoms with Crippen molar-refractivity contribution in [3.63, 3.8) is 0 Å². The fraction of sp³-hybridized carbons (Fsp3) is 0.250. The largest absolute Gasteiger partial charge is 0.479 e. The van der Waals surface area contributed by atoms with Gasteiger partial charge in [0.25, 0.3) is 0 Å². The Balaban J connectivity index is 2.44. The minimum atomic E-state index is 0.455. The molecule has 2 heterocycles. The first-order valence-electron chi connectivity index (χ1n) is 4.21. The molecule has 0 saturated carbocycles. The van der Waals surface area contributed by atoms with E-state index in [4.69, 9.17) is 4.74 Å². The number of rotatable bonds is 3. The first-order chi connectivity index (χ1) is 7.35. The molecule has 78 valence electrons. The zero-order valence-electron chi connectivity index (χ0n) is 8.26. The Morgan fingerprint density at radius 3 is 2.73 bits per heavy atom. The van der Waals surface area contributed by atoms with Gasteiger partial charge in [-0.2, -0.15) is 0 Å². The molecule has 0 aliphatic carbocycles. The maximum absolute atomic E-state index is 5.09. The molecule has 2 aromatic heterocycles. The average molecular weight is 223 g/mol. The van der Waals surface area contributed by atoms with Crippen LogP contribution in [-0.4, -0.2) is 34.3 Å². The summed E-state index contributed by atoms with van der Waals surface area (Å²) in [7, 11) is 3.34. The lowest BCUT2D eigenvalue weighted by atomic mass is 10.4. The van der Waals surface area contributed by atoms with E-state index in [1.807, 2.05) is 0 Å². The maximum Gasteiger partial charge on any atom is 0.242 e. The fourth-order valence-corrected chi connectivity index (χ4v) is 1.73. The van der Waals surface area contributed by atoms with E-state index in [-0.39, 0.29) is 0 Å². The highest BCUT2D eigenvalue weighted by Gasteiger charge is 2.13. The van der Waals surface area contributed by atoms with Crippen molar-refractivity contribution in [3.8, 4) is 16.6 Å². The third kappa shape index (κ3) is 1.86. The number of nitrogens with zero attached hydrogens (tertiary/aromatic N) is 4. The van der Waals surface area contributed by atoms with Crippen molar-refractivity contribution in [2.24, 2.45) is 0 Å². The second kappa shape index (κ2) is 4.18. The summed E-state index contributed by atoms with van der Waals surface area (Å²) in [4.78, 5) is 8.20. The second-order valence-corrected chi connectivity index (χ2v) is 3.55. The molecule has 0 radical (unpaired) electrons. The number of hydrogen-bond donors (Lipinski definition) is 1. The molecule has 6 nitrogen and oxygen atoms in total. The van der Waals surface area contributed by atoms with E-state index >= 15 is 0 Å². The lowest BCUT2D eigenvalue weighted by Gasteiger charge is -2.00. The van der Waals surface area contributed by atoms with Crippen LogP contribution in [0.5, 0.6) is 5.88 Å². The van der Waals surface area contributed by atoms with E-state index in [2.05, 4.69) is 25.5 Å². The molecule has 0 fully saturated rings. The number of ether oxygens (including phenoxy) is 1. The second-order valence-electron chi connectivity index (χ2n) is 2.58. The number of anilines is 1. The van der Waals surface area contributed by atoms with Crippen LogP contribution < -0.4 is 10.1 Å². The quantitative estimate of drug-likeness (QED) is 0.838. The SMILES string of the molecule is CNc1nnc(-c2nccnc2OC)s1. The highest BCUT2D eigenvalue weighted by atomic mass is 32.1. The van der Waals surface area contributed by atoms with Gasteiger partial charge in [-0.05, 0) is 0 Å². The fourth-order valence-electron chi connectivity index (χ4n) is 1.04. The van der Waals surface area contributed by atoms with Gasteiger partial charge in [0.15, 0.2) is 10.7 Å². The minimum absolute atomic E-state index is 0.455. The van der Waals surface area contributed by atoms with Crippen LogP contribution in [0.2, 0.25) is 0 Å². The molecule has 2 rings (SSSR count). The normalized spacial score (nSPS) is 10.0. The Bertz CT molecular complexity index is 458. The smallest absolute Gasteiger partial charge is 0.242 e. The highest BCUT2D eigenvalue weighted by Crippen LogP contribution is 2.29. The van der Waals surface area contributed by atoms with Crippen molar-refractivity contribution >= 4 is 16.5 Å². The van der Waals surface area contributed by atoms with E-state index < -0.39 is 0 Å². The lowest BCUT2D eigenvalue weighted by Crippen LogP contribution is -1.93. The Labute approximate surface area is 90.4 Å². The van der Waals surface area contributed by atoms with Crippen LogP contribution in [0.1, 0.15) is 0 Å². The topological polar surface area (TPSA) is 72.8 Å². The van der Waals surface area contributed by atoms with Crippen molar-refractivity contribution < 1.29 is 4.74 Å². The zero-order valence-corrected chi connectivity index (χ0v) is 9.08. The van der Waals surface area contributed by atoms with Crippen molar-refractivity contribution in [3.05, 3.63) is 12.4 Å². The molecule has 0 bridgehead atoms. The predicted octanol–water partition coefficient (Wildman–Crippen LogP) is 1.05. The summed E-state index contributed by atoms with van der Waals surface area (Å²) < 4.78 is 5.09.